The number of hydrogen-bond donors (Lipinski definition) is 3. The third kappa shape index (κ3) is 2.79. The van der Waals surface area contributed by atoms with E-state index >= 15 is 0 Å². The first-order valence-electron chi connectivity index (χ1n) is 4.57. The highest BCUT2D eigenvalue weighted by Crippen LogP contribution is 2.10. The number of nitrogens with one attached hydrogen (secondary N) is 1. The second-order valence-corrected chi connectivity index (χ2v) is 5.49. The van der Waals surface area contributed by atoms with Gasteiger partial charge in [0.1, 0.15) is 0 Å². The normalized spacial score (nSPS) is 13.0. The second-order valence-electron chi connectivity index (χ2n) is 3.86. The smallest absolute Gasteiger partial charge is 0.260 e. The molecule has 8 heteroatoms. The van der Waals surface area contributed by atoms with Gasteiger partial charge in [-0.25, -0.2) is 13.4 Å². The topological polar surface area (TPSA) is 104 Å². The zero-order valence-electron chi connectivity index (χ0n) is 9.08. The molecule has 0 bridgehead atoms. The Bertz CT molecular complexity index is 450. The molecule has 1 rings (SSSR count). The molecule has 0 spiro atoms. The van der Waals surface area contributed by atoms with Crippen molar-refractivity contribution in [2.45, 2.75) is 17.5 Å². The minimum atomic E-state index is -3.82. The van der Waals surface area contributed by atoms with Crippen molar-refractivity contribution in [1.82, 2.24) is 14.3 Å². The minimum absolute atomic E-state index is 0.150. The van der Waals surface area contributed by atoms with Crippen LogP contribution in [-0.2, 0) is 17.1 Å². The molecular weight excluding hydrogens is 234 g/mol. The van der Waals surface area contributed by atoms with E-state index in [2.05, 4.69) is 9.71 Å². The zero-order chi connectivity index (χ0) is 12.4. The maximum atomic E-state index is 11.8. The van der Waals surface area contributed by atoms with Crippen molar-refractivity contribution < 1.29 is 18.6 Å². The molecule has 0 aliphatic heterocycles. The molecule has 0 aliphatic carbocycles. The lowest BCUT2D eigenvalue weighted by molar-refractivity contribution is 0.121. The number of hydrogen-bond acceptors (Lipinski definition) is 5. The summed E-state index contributed by atoms with van der Waals surface area (Å²) in [7, 11) is -2.18. The van der Waals surface area contributed by atoms with Gasteiger partial charge in [0.2, 0.25) is 0 Å². The molecule has 1 aromatic rings. The molecule has 3 N–H and O–H groups in total. The van der Waals surface area contributed by atoms with Crippen LogP contribution in [-0.4, -0.2) is 46.9 Å². The Morgan fingerprint density at radius 3 is 2.44 bits per heavy atom. The second kappa shape index (κ2) is 4.50. The summed E-state index contributed by atoms with van der Waals surface area (Å²) < 4.78 is 27.2. The van der Waals surface area contributed by atoms with Crippen molar-refractivity contribution in [2.75, 3.05) is 13.2 Å². The first-order chi connectivity index (χ1) is 7.33. The van der Waals surface area contributed by atoms with Gasteiger partial charge in [0.15, 0.2) is 5.03 Å². The van der Waals surface area contributed by atoms with Crippen LogP contribution >= 0.6 is 0 Å². The molecule has 92 valence electrons. The zero-order valence-corrected chi connectivity index (χ0v) is 9.90. The summed E-state index contributed by atoms with van der Waals surface area (Å²) in [5, 5.41) is 17.8. The molecule has 0 amide bonds. The third-order valence-corrected chi connectivity index (χ3v) is 3.56. The van der Waals surface area contributed by atoms with E-state index in [1.807, 2.05) is 0 Å². The van der Waals surface area contributed by atoms with E-state index in [9.17, 15) is 8.42 Å². The Hall–Kier alpha value is -0.960. The number of imidazole rings is 1. The lowest BCUT2D eigenvalue weighted by Gasteiger charge is -2.24. The van der Waals surface area contributed by atoms with Crippen molar-refractivity contribution in [3.63, 3.8) is 0 Å². The molecule has 0 unspecified atom stereocenters. The van der Waals surface area contributed by atoms with Gasteiger partial charge in [0.25, 0.3) is 10.0 Å². The van der Waals surface area contributed by atoms with Crippen LogP contribution in [0, 0.1) is 0 Å². The van der Waals surface area contributed by atoms with Crippen molar-refractivity contribution in [3.05, 3.63) is 12.5 Å². The fourth-order valence-electron chi connectivity index (χ4n) is 1.02. The van der Waals surface area contributed by atoms with Gasteiger partial charge in [-0.15, -0.1) is 0 Å². The number of aliphatic hydroxyl groups excluding tert-OH is 2. The number of aliphatic hydroxyl groups is 2. The molecule has 1 heterocycles. The van der Waals surface area contributed by atoms with E-state index in [0.29, 0.717) is 0 Å². The number of aromatic nitrogens is 2. The van der Waals surface area contributed by atoms with Gasteiger partial charge in [-0.3, -0.25) is 0 Å². The Morgan fingerprint density at radius 1 is 1.50 bits per heavy atom. The summed E-state index contributed by atoms with van der Waals surface area (Å²) in [5.74, 6) is 0. The molecule has 0 atom stereocenters. The van der Waals surface area contributed by atoms with Crippen molar-refractivity contribution >= 4 is 10.0 Å². The van der Waals surface area contributed by atoms with Gasteiger partial charge in [0.05, 0.1) is 25.1 Å². The summed E-state index contributed by atoms with van der Waals surface area (Å²) in [6.45, 7) is 0.388. The van der Waals surface area contributed by atoms with Crippen LogP contribution in [0.3, 0.4) is 0 Å². The van der Waals surface area contributed by atoms with E-state index in [0.717, 1.165) is 0 Å². The van der Waals surface area contributed by atoms with Crippen LogP contribution in [0.25, 0.3) is 0 Å². The molecule has 0 aromatic carbocycles. The highest BCUT2D eigenvalue weighted by atomic mass is 32.2. The van der Waals surface area contributed by atoms with Gasteiger partial charge in [-0.2, -0.15) is 4.72 Å². The van der Waals surface area contributed by atoms with Crippen LogP contribution in [0.5, 0.6) is 0 Å². The quantitative estimate of drug-likeness (QED) is 0.585. The predicted octanol–water partition coefficient (Wildman–Crippen LogP) is -1.56. The van der Waals surface area contributed by atoms with Gasteiger partial charge in [-0.1, -0.05) is 0 Å². The Kier molecular flexibility index (Phi) is 3.68. The standard InChI is InChI=1S/C8H15N3O4S/c1-8(4-12,5-13)10-16(14,15)7-3-11(2)6-9-7/h3,6,10,12-13H,4-5H2,1-2H3. The Balaban J connectivity index is 2.96. The van der Waals surface area contributed by atoms with Gasteiger partial charge < -0.3 is 14.8 Å². The first kappa shape index (κ1) is 13.1. The van der Waals surface area contributed by atoms with Crippen LogP contribution in [0.4, 0.5) is 0 Å². The van der Waals surface area contributed by atoms with Gasteiger partial charge in [-0.05, 0) is 6.92 Å². The van der Waals surface area contributed by atoms with Crippen molar-refractivity contribution in [1.29, 1.82) is 0 Å². The van der Waals surface area contributed by atoms with E-state index in [4.69, 9.17) is 10.2 Å². The summed E-state index contributed by atoms with van der Waals surface area (Å²) >= 11 is 0. The molecule has 0 radical (unpaired) electrons. The van der Waals surface area contributed by atoms with Crippen molar-refractivity contribution in [3.8, 4) is 0 Å². The largest absolute Gasteiger partial charge is 0.394 e. The van der Waals surface area contributed by atoms with Crippen LogP contribution in [0.15, 0.2) is 17.6 Å². The predicted molar refractivity (Wildman–Crippen MR) is 56.1 cm³/mol. The number of aryl methyl sites for hydroxylation is 1. The third-order valence-electron chi connectivity index (χ3n) is 2.04. The molecular formula is C8H15N3O4S. The molecule has 0 aliphatic rings. The molecule has 0 saturated heterocycles. The summed E-state index contributed by atoms with van der Waals surface area (Å²) in [6.07, 6.45) is 2.68. The minimum Gasteiger partial charge on any atom is -0.394 e. The maximum Gasteiger partial charge on any atom is 0.260 e. The van der Waals surface area contributed by atoms with E-state index in [1.165, 1.54) is 24.0 Å². The Labute approximate surface area is 93.8 Å². The monoisotopic (exact) mass is 249 g/mol. The number of nitrogens with zero attached hydrogens (tertiary/aromatic N) is 2. The summed E-state index contributed by atoms with van der Waals surface area (Å²) in [6, 6.07) is 0. The average Bonchev–Trinajstić information content (AvgIpc) is 2.65. The highest BCUT2D eigenvalue weighted by molar-refractivity contribution is 7.89. The van der Waals surface area contributed by atoms with E-state index in [1.54, 1.807) is 7.05 Å². The lowest BCUT2D eigenvalue weighted by atomic mass is 10.1. The van der Waals surface area contributed by atoms with E-state index in [-0.39, 0.29) is 5.03 Å². The first-order valence-corrected chi connectivity index (χ1v) is 6.05. The SMILES string of the molecule is Cn1cnc(S(=O)(=O)NC(C)(CO)CO)c1. The molecule has 0 saturated carbocycles. The fraction of sp³-hybridized carbons (Fsp3) is 0.625. The molecule has 16 heavy (non-hydrogen) atoms. The van der Waals surface area contributed by atoms with Crippen LogP contribution in [0.2, 0.25) is 0 Å². The Morgan fingerprint density at radius 2 is 2.06 bits per heavy atom. The fourth-order valence-corrected chi connectivity index (χ4v) is 2.39. The molecule has 1 aromatic heterocycles. The number of rotatable bonds is 5. The van der Waals surface area contributed by atoms with Gasteiger partial charge >= 0.3 is 0 Å². The highest BCUT2D eigenvalue weighted by Gasteiger charge is 2.30. The van der Waals surface area contributed by atoms with E-state index < -0.39 is 28.8 Å². The lowest BCUT2D eigenvalue weighted by Crippen LogP contribution is -2.51. The maximum absolute atomic E-state index is 11.8. The molecule has 7 nitrogen and oxygen atoms in total. The average molecular weight is 249 g/mol. The van der Waals surface area contributed by atoms with Crippen LogP contribution < -0.4 is 4.72 Å². The van der Waals surface area contributed by atoms with Gasteiger partial charge in [0, 0.05) is 13.2 Å². The number of sulfonamides is 1. The van der Waals surface area contributed by atoms with Crippen molar-refractivity contribution in [2.24, 2.45) is 7.05 Å². The summed E-state index contributed by atoms with van der Waals surface area (Å²) in [5.41, 5.74) is -1.30. The summed E-state index contributed by atoms with van der Waals surface area (Å²) in [4.78, 5) is 3.69. The molecule has 0 fully saturated rings. The van der Waals surface area contributed by atoms with Crippen LogP contribution in [0.1, 0.15) is 6.92 Å².